The summed E-state index contributed by atoms with van der Waals surface area (Å²) in [5.74, 6) is 2.33. The Hall–Kier alpha value is -0.460. The van der Waals surface area contributed by atoms with Crippen molar-refractivity contribution < 1.29 is 10.3 Å². The van der Waals surface area contributed by atoms with Gasteiger partial charge in [-0.1, -0.05) is 19.0 Å². The molecule has 0 unspecified atom stereocenters. The molecule has 0 amide bonds. The van der Waals surface area contributed by atoms with Crippen molar-refractivity contribution in [2.45, 2.75) is 26.7 Å². The van der Waals surface area contributed by atoms with Crippen molar-refractivity contribution in [1.82, 2.24) is 5.32 Å². The van der Waals surface area contributed by atoms with Crippen molar-refractivity contribution in [3.8, 4) is 0 Å². The van der Waals surface area contributed by atoms with Crippen LogP contribution in [-0.2, 0) is 0 Å². The number of nitrogens with two attached hydrogens (primary N) is 1. The van der Waals surface area contributed by atoms with Gasteiger partial charge in [-0.2, -0.15) is 11.8 Å². The molecule has 0 aliphatic heterocycles. The van der Waals surface area contributed by atoms with Gasteiger partial charge in [-0.3, -0.25) is 0 Å². The average Bonchev–Trinajstić information content (AvgIpc) is 2.31. The molecular formula is C11H25N3O2S. The molecule has 0 aliphatic carbocycles. The molecule has 0 bridgehead atoms. The second-order valence-corrected chi connectivity index (χ2v) is 5.78. The van der Waals surface area contributed by atoms with Crippen LogP contribution < -0.4 is 11.1 Å². The summed E-state index contributed by atoms with van der Waals surface area (Å²) < 4.78 is 0. The van der Waals surface area contributed by atoms with E-state index >= 15 is 0 Å². The minimum atomic E-state index is -0.272. The molecule has 102 valence electrons. The van der Waals surface area contributed by atoms with Crippen LogP contribution in [0.5, 0.6) is 0 Å². The summed E-state index contributed by atoms with van der Waals surface area (Å²) in [6.07, 6.45) is 1.70. The molecule has 0 aromatic carbocycles. The molecule has 0 saturated carbocycles. The molecule has 17 heavy (non-hydrogen) atoms. The largest absolute Gasteiger partial charge is 0.409 e. The number of rotatable bonds is 10. The number of oxime groups is 1. The number of hydrogen-bond donors (Lipinski definition) is 4. The molecule has 0 aliphatic rings. The highest BCUT2D eigenvalue weighted by Gasteiger charge is 2.22. The maximum absolute atomic E-state index is 8.61. The maximum Gasteiger partial charge on any atom is 0.144 e. The Labute approximate surface area is 108 Å². The fourth-order valence-electron chi connectivity index (χ4n) is 1.20. The summed E-state index contributed by atoms with van der Waals surface area (Å²) >= 11 is 1.84. The number of hydrogen-bond acceptors (Lipinski definition) is 5. The molecule has 0 aromatic rings. The summed E-state index contributed by atoms with van der Waals surface area (Å²) in [7, 11) is 0. The number of thioether (sulfide) groups is 1. The van der Waals surface area contributed by atoms with Gasteiger partial charge >= 0.3 is 0 Å². The normalized spacial score (nSPS) is 13.0. The lowest BCUT2D eigenvalue weighted by molar-refractivity contribution is 0.296. The summed E-state index contributed by atoms with van der Waals surface area (Å²) in [5.41, 5.74) is 5.32. The SMILES string of the molecule is CC(C)(CCNCCSCCCO)C(N)=NO. The molecule has 0 rings (SSSR count). The number of aliphatic hydroxyl groups is 1. The van der Waals surface area contributed by atoms with Crippen LogP contribution in [0.4, 0.5) is 0 Å². The molecule has 6 heteroatoms. The van der Waals surface area contributed by atoms with Gasteiger partial charge in [0, 0.05) is 24.3 Å². The van der Waals surface area contributed by atoms with Gasteiger partial charge in [-0.25, -0.2) is 0 Å². The molecule has 0 saturated heterocycles. The molecule has 0 fully saturated rings. The quantitative estimate of drug-likeness (QED) is 0.154. The maximum atomic E-state index is 8.61. The smallest absolute Gasteiger partial charge is 0.144 e. The van der Waals surface area contributed by atoms with E-state index in [1.165, 1.54) is 0 Å². The van der Waals surface area contributed by atoms with E-state index in [2.05, 4.69) is 10.5 Å². The predicted octanol–water partition coefficient (Wildman–Crippen LogP) is 0.854. The Morgan fingerprint density at radius 1 is 1.35 bits per heavy atom. The first-order valence-corrected chi connectivity index (χ1v) is 7.07. The van der Waals surface area contributed by atoms with Crippen molar-refractivity contribution in [2.75, 3.05) is 31.2 Å². The van der Waals surface area contributed by atoms with Crippen LogP contribution in [0.2, 0.25) is 0 Å². The van der Waals surface area contributed by atoms with Crippen LogP contribution in [0, 0.1) is 5.41 Å². The van der Waals surface area contributed by atoms with E-state index in [0.29, 0.717) is 0 Å². The Bertz CT molecular complexity index is 223. The van der Waals surface area contributed by atoms with Crippen LogP contribution in [0.1, 0.15) is 26.7 Å². The minimum Gasteiger partial charge on any atom is -0.409 e. The fraction of sp³-hybridized carbons (Fsp3) is 0.909. The zero-order valence-corrected chi connectivity index (χ0v) is 11.6. The van der Waals surface area contributed by atoms with Crippen LogP contribution in [0.15, 0.2) is 5.16 Å². The van der Waals surface area contributed by atoms with E-state index in [0.717, 1.165) is 37.4 Å². The Morgan fingerprint density at radius 2 is 2.06 bits per heavy atom. The zero-order valence-electron chi connectivity index (χ0n) is 10.8. The standard InChI is InChI=1S/C11H25N3O2S/c1-11(2,10(12)14-16)4-5-13-6-9-17-8-3-7-15/h13,15-16H,3-9H2,1-2H3,(H2,12,14). The molecular weight excluding hydrogens is 238 g/mol. The molecule has 0 heterocycles. The Kier molecular flexibility index (Phi) is 9.30. The third-order valence-electron chi connectivity index (χ3n) is 2.60. The van der Waals surface area contributed by atoms with Gasteiger partial charge < -0.3 is 21.4 Å². The lowest BCUT2D eigenvalue weighted by atomic mass is 9.88. The Morgan fingerprint density at radius 3 is 2.65 bits per heavy atom. The molecule has 0 aromatic heterocycles. The predicted molar refractivity (Wildman–Crippen MR) is 73.7 cm³/mol. The molecule has 0 radical (unpaired) electrons. The summed E-state index contributed by atoms with van der Waals surface area (Å²) in [6, 6.07) is 0. The topological polar surface area (TPSA) is 90.9 Å². The van der Waals surface area contributed by atoms with E-state index in [1.54, 1.807) is 0 Å². The highest BCUT2D eigenvalue weighted by molar-refractivity contribution is 7.99. The third kappa shape index (κ3) is 8.29. The zero-order chi connectivity index (χ0) is 13.1. The first kappa shape index (κ1) is 16.5. The first-order valence-electron chi connectivity index (χ1n) is 5.92. The summed E-state index contributed by atoms with van der Waals surface area (Å²) in [5, 5.41) is 23.6. The first-order chi connectivity index (χ1) is 8.04. The van der Waals surface area contributed by atoms with Crippen molar-refractivity contribution in [3.63, 3.8) is 0 Å². The van der Waals surface area contributed by atoms with Crippen molar-refractivity contribution in [1.29, 1.82) is 0 Å². The van der Waals surface area contributed by atoms with Crippen molar-refractivity contribution in [2.24, 2.45) is 16.3 Å². The third-order valence-corrected chi connectivity index (χ3v) is 3.67. The van der Waals surface area contributed by atoms with E-state index in [9.17, 15) is 0 Å². The molecule has 5 N–H and O–H groups in total. The highest BCUT2D eigenvalue weighted by Crippen LogP contribution is 2.19. The van der Waals surface area contributed by atoms with E-state index in [-0.39, 0.29) is 17.9 Å². The monoisotopic (exact) mass is 263 g/mol. The van der Waals surface area contributed by atoms with Crippen LogP contribution >= 0.6 is 11.8 Å². The lowest BCUT2D eigenvalue weighted by Gasteiger charge is -2.22. The number of nitrogens with zero attached hydrogens (tertiary/aromatic N) is 1. The lowest BCUT2D eigenvalue weighted by Crippen LogP contribution is -2.35. The van der Waals surface area contributed by atoms with Crippen molar-refractivity contribution in [3.05, 3.63) is 0 Å². The van der Waals surface area contributed by atoms with E-state index in [1.807, 2.05) is 25.6 Å². The highest BCUT2D eigenvalue weighted by atomic mass is 32.2. The fourth-order valence-corrected chi connectivity index (χ4v) is 2.03. The number of nitrogens with one attached hydrogen (secondary N) is 1. The number of amidine groups is 1. The average molecular weight is 263 g/mol. The van der Waals surface area contributed by atoms with E-state index in [4.69, 9.17) is 16.0 Å². The van der Waals surface area contributed by atoms with Gasteiger partial charge in [0.2, 0.25) is 0 Å². The van der Waals surface area contributed by atoms with Crippen LogP contribution in [-0.4, -0.2) is 47.4 Å². The molecule has 0 spiro atoms. The second-order valence-electron chi connectivity index (χ2n) is 4.56. The van der Waals surface area contributed by atoms with Gasteiger partial charge in [0.1, 0.15) is 5.84 Å². The van der Waals surface area contributed by atoms with Gasteiger partial charge in [0.15, 0.2) is 0 Å². The van der Waals surface area contributed by atoms with Gasteiger partial charge in [-0.05, 0) is 25.1 Å². The van der Waals surface area contributed by atoms with E-state index < -0.39 is 0 Å². The van der Waals surface area contributed by atoms with Crippen LogP contribution in [0.25, 0.3) is 0 Å². The summed E-state index contributed by atoms with van der Waals surface area (Å²) in [6.45, 7) is 5.99. The summed E-state index contributed by atoms with van der Waals surface area (Å²) in [4.78, 5) is 0. The minimum absolute atomic E-state index is 0.272. The Balaban J connectivity index is 3.45. The van der Waals surface area contributed by atoms with Crippen LogP contribution in [0.3, 0.4) is 0 Å². The van der Waals surface area contributed by atoms with Gasteiger partial charge in [-0.15, -0.1) is 0 Å². The van der Waals surface area contributed by atoms with Gasteiger partial charge in [0.05, 0.1) is 0 Å². The second kappa shape index (κ2) is 9.56. The van der Waals surface area contributed by atoms with Gasteiger partial charge in [0.25, 0.3) is 0 Å². The van der Waals surface area contributed by atoms with Crippen molar-refractivity contribution >= 4 is 17.6 Å². The molecule has 0 atom stereocenters. The number of aliphatic hydroxyl groups excluding tert-OH is 1. The molecule has 5 nitrogen and oxygen atoms in total.